The Kier molecular flexibility index (Phi) is 18.5. The van der Waals surface area contributed by atoms with E-state index in [2.05, 4.69) is 41.2 Å². The molecule has 2 aliphatic carbocycles. The quantitative estimate of drug-likeness (QED) is 0.124. The number of ketones is 1. The molecule has 2 saturated carbocycles. The summed E-state index contributed by atoms with van der Waals surface area (Å²) in [5.74, 6) is 1.83. The number of unbranched alkanes of at least 4 members (excludes halogenated alkanes) is 7. The average Bonchev–Trinajstić information content (AvgIpc) is 2.86. The van der Waals surface area contributed by atoms with Crippen LogP contribution in [0.4, 0.5) is 0 Å². The van der Waals surface area contributed by atoms with Crippen molar-refractivity contribution in [3.05, 3.63) is 12.2 Å². The standard InChI is InChI=1S/C21H36O.C10H21NO2.CH2O2/c1-7-9-10-16-17(20(4,5)6)13-14-21(8-2)18(16)12-11-15(3)19(21)22;11-9-7-5-3-1-2-4-6-8-10(12)13;2-1-3/h16-18H,3,7-14H2,1-2,4-6H3;1-9,11H2,(H,12,13);1H,(H,2,3)/t16?,17?,18?,21-;;/m0../s1. The molecule has 6 heteroatoms. The van der Waals surface area contributed by atoms with Gasteiger partial charge in [-0.3, -0.25) is 14.4 Å². The maximum Gasteiger partial charge on any atom is 0.303 e. The minimum atomic E-state index is -0.678. The van der Waals surface area contributed by atoms with Gasteiger partial charge in [0, 0.05) is 11.8 Å². The van der Waals surface area contributed by atoms with E-state index in [4.69, 9.17) is 20.7 Å². The maximum atomic E-state index is 13.0. The Bertz CT molecular complexity index is 698. The number of carboxylic acids is 1. The van der Waals surface area contributed by atoms with E-state index in [1.807, 2.05) is 0 Å². The molecule has 222 valence electrons. The minimum absolute atomic E-state index is 0.0739. The first-order valence-corrected chi connectivity index (χ1v) is 15.2. The number of hydrogen-bond acceptors (Lipinski definition) is 4. The number of hydrogen-bond donors (Lipinski definition) is 3. The molecule has 4 atom stereocenters. The summed E-state index contributed by atoms with van der Waals surface area (Å²) < 4.78 is 0. The molecule has 2 fully saturated rings. The van der Waals surface area contributed by atoms with Crippen molar-refractivity contribution in [3.8, 4) is 0 Å². The van der Waals surface area contributed by atoms with Crippen LogP contribution in [-0.4, -0.2) is 35.0 Å². The van der Waals surface area contributed by atoms with Gasteiger partial charge >= 0.3 is 5.97 Å². The van der Waals surface area contributed by atoms with E-state index in [0.717, 1.165) is 68.9 Å². The number of fused-ring (bicyclic) bond motifs is 1. The number of carbonyl (C=O) groups excluding carboxylic acids is 1. The Morgan fingerprint density at radius 1 is 1.05 bits per heavy atom. The molecule has 2 rings (SSSR count). The lowest BCUT2D eigenvalue weighted by atomic mass is 9.47. The van der Waals surface area contributed by atoms with Crippen molar-refractivity contribution < 1.29 is 24.6 Å². The lowest BCUT2D eigenvalue weighted by Crippen LogP contribution is -2.52. The van der Waals surface area contributed by atoms with Gasteiger partial charge in [0.15, 0.2) is 5.78 Å². The molecular formula is C32H59NO5. The summed E-state index contributed by atoms with van der Waals surface area (Å²) in [5, 5.41) is 15.3. The second-order valence-corrected chi connectivity index (χ2v) is 12.4. The van der Waals surface area contributed by atoms with E-state index in [1.54, 1.807) is 0 Å². The largest absolute Gasteiger partial charge is 0.483 e. The molecule has 38 heavy (non-hydrogen) atoms. The second kappa shape index (κ2) is 19.4. The van der Waals surface area contributed by atoms with E-state index >= 15 is 0 Å². The molecule has 0 aliphatic heterocycles. The predicted octanol–water partition coefficient (Wildman–Crippen LogP) is 8.03. The summed E-state index contributed by atoms with van der Waals surface area (Å²) in [7, 11) is 0. The second-order valence-electron chi connectivity index (χ2n) is 12.4. The molecule has 0 bridgehead atoms. The van der Waals surface area contributed by atoms with Crippen LogP contribution in [0.15, 0.2) is 12.2 Å². The van der Waals surface area contributed by atoms with Crippen LogP contribution in [0.1, 0.15) is 137 Å². The van der Waals surface area contributed by atoms with Crippen LogP contribution in [0.2, 0.25) is 0 Å². The van der Waals surface area contributed by atoms with Gasteiger partial charge in [-0.25, -0.2) is 0 Å². The van der Waals surface area contributed by atoms with Crippen LogP contribution in [0, 0.1) is 28.6 Å². The zero-order valence-corrected chi connectivity index (χ0v) is 25.2. The summed E-state index contributed by atoms with van der Waals surface area (Å²) in [5.41, 5.74) is 6.55. The molecule has 0 saturated heterocycles. The molecule has 0 heterocycles. The summed E-state index contributed by atoms with van der Waals surface area (Å²) in [4.78, 5) is 31.5. The van der Waals surface area contributed by atoms with Gasteiger partial charge < -0.3 is 15.9 Å². The molecular weight excluding hydrogens is 478 g/mol. The van der Waals surface area contributed by atoms with E-state index in [9.17, 15) is 9.59 Å². The first-order valence-electron chi connectivity index (χ1n) is 15.2. The molecule has 0 spiro atoms. The Labute approximate surface area is 233 Å². The monoisotopic (exact) mass is 537 g/mol. The van der Waals surface area contributed by atoms with E-state index in [-0.39, 0.29) is 11.9 Å². The van der Waals surface area contributed by atoms with Crippen molar-refractivity contribution in [2.75, 3.05) is 6.54 Å². The van der Waals surface area contributed by atoms with Gasteiger partial charge in [0.2, 0.25) is 0 Å². The molecule has 6 nitrogen and oxygen atoms in total. The van der Waals surface area contributed by atoms with Gasteiger partial charge in [0.05, 0.1) is 0 Å². The lowest BCUT2D eigenvalue weighted by molar-refractivity contribution is -0.141. The number of rotatable bonds is 13. The lowest BCUT2D eigenvalue weighted by Gasteiger charge is -2.56. The average molecular weight is 538 g/mol. The molecule has 2 aliphatic rings. The van der Waals surface area contributed by atoms with Gasteiger partial charge in [-0.2, -0.15) is 0 Å². The van der Waals surface area contributed by atoms with Crippen molar-refractivity contribution in [2.24, 2.45) is 34.3 Å². The topological polar surface area (TPSA) is 118 Å². The van der Waals surface area contributed by atoms with Gasteiger partial charge in [0.1, 0.15) is 0 Å². The minimum Gasteiger partial charge on any atom is -0.483 e. The molecule has 0 amide bonds. The van der Waals surface area contributed by atoms with Crippen LogP contribution < -0.4 is 5.73 Å². The maximum absolute atomic E-state index is 13.0. The highest BCUT2D eigenvalue weighted by molar-refractivity contribution is 6.00. The fourth-order valence-electron chi connectivity index (χ4n) is 6.89. The van der Waals surface area contributed by atoms with Crippen molar-refractivity contribution in [3.63, 3.8) is 0 Å². The Balaban J connectivity index is 0.000000731. The summed E-state index contributed by atoms with van der Waals surface area (Å²) in [6.45, 7) is 16.4. The number of carbonyl (C=O) groups is 3. The van der Waals surface area contributed by atoms with Gasteiger partial charge in [-0.15, -0.1) is 0 Å². The Morgan fingerprint density at radius 3 is 2.08 bits per heavy atom. The predicted molar refractivity (Wildman–Crippen MR) is 157 cm³/mol. The summed E-state index contributed by atoms with van der Waals surface area (Å²) in [6, 6.07) is 0. The smallest absolute Gasteiger partial charge is 0.303 e. The van der Waals surface area contributed by atoms with Crippen LogP contribution in [-0.2, 0) is 14.4 Å². The summed E-state index contributed by atoms with van der Waals surface area (Å²) >= 11 is 0. The molecule has 0 radical (unpaired) electrons. The van der Waals surface area contributed by atoms with Gasteiger partial charge in [-0.1, -0.05) is 86.1 Å². The first kappa shape index (κ1) is 36.3. The van der Waals surface area contributed by atoms with Gasteiger partial charge in [-0.05, 0) is 86.7 Å². The normalized spacial score (nSPS) is 24.8. The number of nitrogens with two attached hydrogens (primary N) is 1. The Hall–Kier alpha value is -1.69. The van der Waals surface area contributed by atoms with Gasteiger partial charge in [0.25, 0.3) is 6.47 Å². The number of carboxylic acid groups (broad SMARTS) is 2. The number of aliphatic carboxylic acids is 1. The number of Topliss-reactive ketones (excluding diaryl/α,β-unsaturated/α-hetero) is 1. The third kappa shape index (κ3) is 12.0. The fourth-order valence-corrected chi connectivity index (χ4v) is 6.89. The van der Waals surface area contributed by atoms with Crippen molar-refractivity contribution in [1.82, 2.24) is 0 Å². The fraction of sp³-hybridized carbons (Fsp3) is 0.844. The summed E-state index contributed by atoms with van der Waals surface area (Å²) in [6.07, 6.45) is 17.5. The third-order valence-electron chi connectivity index (χ3n) is 8.90. The zero-order valence-electron chi connectivity index (χ0n) is 25.2. The van der Waals surface area contributed by atoms with Crippen molar-refractivity contribution in [1.29, 1.82) is 0 Å². The molecule has 3 unspecified atom stereocenters. The number of allylic oxidation sites excluding steroid dienone is 1. The highest BCUT2D eigenvalue weighted by atomic mass is 16.4. The van der Waals surface area contributed by atoms with Crippen LogP contribution >= 0.6 is 0 Å². The SMILES string of the molecule is C=C1CCC2C(CCCC)C(C(C)(C)C)CC[C@]2(CC)C1=O.NCCCCCCCCCC(=O)O.O=CO. The van der Waals surface area contributed by atoms with E-state index < -0.39 is 5.97 Å². The molecule has 4 N–H and O–H groups in total. The van der Waals surface area contributed by atoms with Crippen molar-refractivity contribution >= 4 is 18.2 Å². The zero-order chi connectivity index (χ0) is 29.2. The van der Waals surface area contributed by atoms with Crippen LogP contribution in [0.3, 0.4) is 0 Å². The third-order valence-corrected chi connectivity index (χ3v) is 8.90. The van der Waals surface area contributed by atoms with Crippen LogP contribution in [0.25, 0.3) is 0 Å². The van der Waals surface area contributed by atoms with E-state index in [0.29, 0.717) is 23.5 Å². The first-order chi connectivity index (χ1) is 18.0. The highest BCUT2D eigenvalue weighted by Gasteiger charge is 2.55. The van der Waals surface area contributed by atoms with Crippen LogP contribution in [0.5, 0.6) is 0 Å². The molecule has 0 aromatic heterocycles. The molecule has 0 aromatic rings. The molecule has 0 aromatic carbocycles. The Morgan fingerprint density at radius 2 is 1.61 bits per heavy atom. The van der Waals surface area contributed by atoms with E-state index in [1.165, 1.54) is 51.4 Å². The highest BCUT2D eigenvalue weighted by Crippen LogP contribution is 2.59. The van der Waals surface area contributed by atoms with Crippen molar-refractivity contribution in [2.45, 2.75) is 137 Å².